The van der Waals surface area contributed by atoms with Gasteiger partial charge in [0.25, 0.3) is 0 Å². The molecule has 0 radical (unpaired) electrons. The quantitative estimate of drug-likeness (QED) is 0.843. The summed E-state index contributed by atoms with van der Waals surface area (Å²) in [5.41, 5.74) is 8.87. The number of rotatable bonds is 4. The van der Waals surface area contributed by atoms with Crippen molar-refractivity contribution in [2.45, 2.75) is 40.0 Å². The number of hydrogen-bond donors (Lipinski definition) is 1. The van der Waals surface area contributed by atoms with Gasteiger partial charge < -0.3 is 10.6 Å². The molecule has 1 aliphatic heterocycles. The van der Waals surface area contributed by atoms with Crippen LogP contribution < -0.4 is 10.6 Å². The van der Waals surface area contributed by atoms with Crippen LogP contribution in [0, 0.1) is 11.8 Å². The lowest BCUT2D eigenvalue weighted by Crippen LogP contribution is -2.32. The predicted molar refractivity (Wildman–Crippen MR) is 80.2 cm³/mol. The molecule has 1 aliphatic rings. The third kappa shape index (κ3) is 2.46. The van der Waals surface area contributed by atoms with Crippen LogP contribution in [0.25, 0.3) is 0 Å². The summed E-state index contributed by atoms with van der Waals surface area (Å²) < 4.78 is 0. The van der Waals surface area contributed by atoms with E-state index in [0.717, 1.165) is 29.9 Å². The second-order valence-corrected chi connectivity index (χ2v) is 6.18. The Morgan fingerprint density at radius 3 is 2.53 bits per heavy atom. The predicted octanol–water partition coefficient (Wildman–Crippen LogP) is 3.40. The number of carbonyl (C=O) groups is 1. The van der Waals surface area contributed by atoms with Crippen molar-refractivity contribution in [3.05, 3.63) is 23.8 Å². The van der Waals surface area contributed by atoms with Gasteiger partial charge in [-0.3, -0.25) is 4.79 Å². The molecule has 0 aromatic heterocycles. The molecule has 1 heterocycles. The van der Waals surface area contributed by atoms with Crippen molar-refractivity contribution in [3.8, 4) is 0 Å². The monoisotopic (exact) mass is 260 g/mol. The lowest BCUT2D eigenvalue weighted by atomic mass is 9.89. The summed E-state index contributed by atoms with van der Waals surface area (Å²) in [6, 6.07) is 5.88. The van der Waals surface area contributed by atoms with Gasteiger partial charge in [0, 0.05) is 6.54 Å². The van der Waals surface area contributed by atoms with E-state index in [0.29, 0.717) is 11.8 Å². The third-order valence-electron chi connectivity index (χ3n) is 3.83. The van der Waals surface area contributed by atoms with Crippen LogP contribution in [0.5, 0.6) is 0 Å². The molecular formula is C16H24N2O. The molecule has 1 aromatic rings. The zero-order valence-electron chi connectivity index (χ0n) is 12.3. The van der Waals surface area contributed by atoms with Gasteiger partial charge in [-0.15, -0.1) is 0 Å². The molecule has 0 saturated heterocycles. The number of anilines is 2. The Hall–Kier alpha value is -1.51. The number of nitrogens with zero attached hydrogens (tertiary/aromatic N) is 1. The molecule has 0 spiro atoms. The molecule has 19 heavy (non-hydrogen) atoms. The SMILES string of the molecule is CC(C)CCN1C(=O)C(C(C)C)c2cccc(N)c21. The molecule has 1 unspecified atom stereocenters. The third-order valence-corrected chi connectivity index (χ3v) is 3.83. The highest BCUT2D eigenvalue weighted by atomic mass is 16.2. The smallest absolute Gasteiger partial charge is 0.234 e. The molecular weight excluding hydrogens is 236 g/mol. The summed E-state index contributed by atoms with van der Waals surface area (Å²) in [5, 5.41) is 0. The minimum Gasteiger partial charge on any atom is -0.397 e. The van der Waals surface area contributed by atoms with Crippen molar-refractivity contribution >= 4 is 17.3 Å². The number of nitrogen functional groups attached to an aromatic ring is 1. The second-order valence-electron chi connectivity index (χ2n) is 6.18. The number of amides is 1. The number of para-hydroxylation sites is 1. The maximum Gasteiger partial charge on any atom is 0.234 e. The van der Waals surface area contributed by atoms with Gasteiger partial charge in [-0.05, 0) is 29.9 Å². The number of fused-ring (bicyclic) bond motifs is 1. The molecule has 1 atom stereocenters. The molecule has 0 fully saturated rings. The van der Waals surface area contributed by atoms with Crippen LogP contribution in [0.4, 0.5) is 11.4 Å². The van der Waals surface area contributed by atoms with E-state index < -0.39 is 0 Å². The molecule has 0 aliphatic carbocycles. The Morgan fingerprint density at radius 1 is 1.26 bits per heavy atom. The van der Waals surface area contributed by atoms with Crippen LogP contribution in [-0.4, -0.2) is 12.5 Å². The average molecular weight is 260 g/mol. The summed E-state index contributed by atoms with van der Waals surface area (Å²) in [4.78, 5) is 14.5. The maximum absolute atomic E-state index is 12.6. The fourth-order valence-electron chi connectivity index (χ4n) is 2.81. The van der Waals surface area contributed by atoms with E-state index in [1.165, 1.54) is 0 Å². The van der Waals surface area contributed by atoms with Crippen molar-refractivity contribution in [2.75, 3.05) is 17.2 Å². The van der Waals surface area contributed by atoms with Gasteiger partial charge in [0.1, 0.15) is 0 Å². The van der Waals surface area contributed by atoms with E-state index in [2.05, 4.69) is 27.7 Å². The van der Waals surface area contributed by atoms with Gasteiger partial charge in [0.15, 0.2) is 0 Å². The molecule has 2 rings (SSSR count). The molecule has 3 nitrogen and oxygen atoms in total. The highest BCUT2D eigenvalue weighted by molar-refractivity contribution is 6.07. The zero-order valence-corrected chi connectivity index (χ0v) is 12.3. The van der Waals surface area contributed by atoms with Crippen LogP contribution in [-0.2, 0) is 4.79 Å². The number of carbonyl (C=O) groups excluding carboxylic acids is 1. The van der Waals surface area contributed by atoms with Gasteiger partial charge in [-0.2, -0.15) is 0 Å². The first-order valence-electron chi connectivity index (χ1n) is 7.13. The zero-order chi connectivity index (χ0) is 14.2. The van der Waals surface area contributed by atoms with E-state index in [4.69, 9.17) is 5.73 Å². The summed E-state index contributed by atoms with van der Waals surface area (Å²) >= 11 is 0. The lowest BCUT2D eigenvalue weighted by Gasteiger charge is -2.21. The highest BCUT2D eigenvalue weighted by Crippen LogP contribution is 2.44. The van der Waals surface area contributed by atoms with Gasteiger partial charge >= 0.3 is 0 Å². The topological polar surface area (TPSA) is 46.3 Å². The van der Waals surface area contributed by atoms with Crippen LogP contribution in [0.3, 0.4) is 0 Å². The summed E-state index contributed by atoms with van der Waals surface area (Å²) in [7, 11) is 0. The van der Waals surface area contributed by atoms with E-state index in [-0.39, 0.29) is 11.8 Å². The summed E-state index contributed by atoms with van der Waals surface area (Å²) in [5.74, 6) is 1.06. The normalized spacial score (nSPS) is 18.5. The Bertz CT molecular complexity index is 480. The van der Waals surface area contributed by atoms with E-state index in [1.807, 2.05) is 23.1 Å². The molecule has 2 N–H and O–H groups in total. The first-order valence-corrected chi connectivity index (χ1v) is 7.13. The fourth-order valence-corrected chi connectivity index (χ4v) is 2.81. The molecule has 3 heteroatoms. The van der Waals surface area contributed by atoms with Crippen LogP contribution in [0.1, 0.15) is 45.6 Å². The second kappa shape index (κ2) is 5.24. The standard InChI is InChI=1S/C16H24N2O/c1-10(2)8-9-18-15-12(6-5-7-13(15)17)14(11(3)4)16(18)19/h5-7,10-11,14H,8-9,17H2,1-4H3. The first kappa shape index (κ1) is 13.9. The number of benzene rings is 1. The van der Waals surface area contributed by atoms with E-state index >= 15 is 0 Å². The van der Waals surface area contributed by atoms with E-state index in [9.17, 15) is 4.79 Å². The Morgan fingerprint density at radius 2 is 1.95 bits per heavy atom. The maximum atomic E-state index is 12.6. The Kier molecular flexibility index (Phi) is 3.83. The average Bonchev–Trinajstić information content (AvgIpc) is 2.60. The minimum absolute atomic E-state index is 0.0364. The molecule has 104 valence electrons. The van der Waals surface area contributed by atoms with Gasteiger partial charge in [0.05, 0.1) is 17.3 Å². The van der Waals surface area contributed by atoms with Crippen molar-refractivity contribution in [3.63, 3.8) is 0 Å². The lowest BCUT2D eigenvalue weighted by molar-refractivity contribution is -0.120. The van der Waals surface area contributed by atoms with Crippen molar-refractivity contribution in [1.29, 1.82) is 0 Å². The summed E-state index contributed by atoms with van der Waals surface area (Å²) in [6.07, 6.45) is 1.00. The van der Waals surface area contributed by atoms with Crippen molar-refractivity contribution < 1.29 is 4.79 Å². The summed E-state index contributed by atoms with van der Waals surface area (Å²) in [6.45, 7) is 9.31. The van der Waals surface area contributed by atoms with Crippen LogP contribution in [0.2, 0.25) is 0 Å². The van der Waals surface area contributed by atoms with Gasteiger partial charge in [-0.25, -0.2) is 0 Å². The van der Waals surface area contributed by atoms with Crippen LogP contribution in [0.15, 0.2) is 18.2 Å². The Labute approximate surface area is 115 Å². The van der Waals surface area contributed by atoms with Crippen molar-refractivity contribution in [1.82, 2.24) is 0 Å². The van der Waals surface area contributed by atoms with Crippen molar-refractivity contribution in [2.24, 2.45) is 11.8 Å². The number of hydrogen-bond acceptors (Lipinski definition) is 2. The highest BCUT2D eigenvalue weighted by Gasteiger charge is 2.39. The fraction of sp³-hybridized carbons (Fsp3) is 0.562. The minimum atomic E-state index is -0.0364. The molecule has 0 bridgehead atoms. The Balaban J connectivity index is 2.39. The van der Waals surface area contributed by atoms with Gasteiger partial charge in [-0.1, -0.05) is 39.8 Å². The largest absolute Gasteiger partial charge is 0.397 e. The first-order chi connectivity index (χ1) is 8.93. The number of nitrogens with two attached hydrogens (primary N) is 1. The van der Waals surface area contributed by atoms with Gasteiger partial charge in [0.2, 0.25) is 5.91 Å². The van der Waals surface area contributed by atoms with E-state index in [1.54, 1.807) is 0 Å². The van der Waals surface area contributed by atoms with Crippen LogP contribution >= 0.6 is 0 Å². The molecule has 1 aromatic carbocycles. The molecule has 0 saturated carbocycles. The molecule has 1 amide bonds.